The molecule has 9 rings (SSSR count). The largest absolute Gasteiger partial charge is 0.497 e. The molecule has 0 radical (unpaired) electrons. The Morgan fingerprint density at radius 1 is 0.662 bits per heavy atom. The molecular weight excluding hydrogens is 943 g/mol. The Bertz CT molecular complexity index is 3100. The Labute approximate surface area is 428 Å². The number of hydrogen-bond donors (Lipinski definition) is 3. The van der Waals surface area contributed by atoms with E-state index in [4.69, 9.17) is 42.9 Å². The Morgan fingerprint density at radius 2 is 1.11 bits per heavy atom. The van der Waals surface area contributed by atoms with Crippen LogP contribution in [0.15, 0.2) is 169 Å². The van der Waals surface area contributed by atoms with Gasteiger partial charge in [-0.1, -0.05) is 109 Å². The average molecular weight is 1000 g/mol. The van der Waals surface area contributed by atoms with Gasteiger partial charge in [-0.15, -0.1) is 0 Å². The number of nitrogens with one attached hydrogen (secondary N) is 2. The van der Waals surface area contributed by atoms with Crippen LogP contribution in [-0.4, -0.2) is 90.7 Å². The molecule has 8 aromatic rings. The van der Waals surface area contributed by atoms with E-state index in [0.29, 0.717) is 23.0 Å². The number of anilines is 1. The number of carbonyl (C=O) groups excluding carboxylic acids is 1. The molecule has 16 heteroatoms. The average Bonchev–Trinajstić information content (AvgIpc) is 4.01. The number of H-pyrrole nitrogens is 1. The van der Waals surface area contributed by atoms with Gasteiger partial charge in [0.25, 0.3) is 5.56 Å². The number of nitrogens with zero attached hydrogens (tertiary/aromatic N) is 3. The monoisotopic (exact) mass is 1000 g/mol. The van der Waals surface area contributed by atoms with Crippen LogP contribution in [0.3, 0.4) is 0 Å². The van der Waals surface area contributed by atoms with Crippen molar-refractivity contribution in [3.63, 3.8) is 0 Å². The van der Waals surface area contributed by atoms with E-state index in [-0.39, 0.29) is 23.7 Å². The molecule has 74 heavy (non-hydrogen) atoms. The number of methoxy groups -OCH3 is 4. The van der Waals surface area contributed by atoms with Crippen molar-refractivity contribution in [3.05, 3.63) is 208 Å². The first-order valence-electron chi connectivity index (χ1n) is 24.0. The van der Waals surface area contributed by atoms with Crippen molar-refractivity contribution in [2.75, 3.05) is 47.2 Å². The van der Waals surface area contributed by atoms with Crippen LogP contribution >= 0.6 is 0 Å². The SMILES string of the molecule is COc1ccc(C(Nc2nc3c(ncn3[C@@H]3O[C@H](COC(c4ccccc4)(c4ccc(OC)cc4)c4ccc(OC)cc4)[C@@H](O)[C@H]3OCOC(=O)C(C)(C)C)c(=O)[nH]2)(c2ccccc2)c2ccc(OC)cc2)cc1. The molecule has 3 heterocycles. The molecule has 0 aliphatic carbocycles. The maximum atomic E-state index is 14.3. The van der Waals surface area contributed by atoms with Gasteiger partial charge in [0, 0.05) is 0 Å². The van der Waals surface area contributed by atoms with Crippen LogP contribution in [0.4, 0.5) is 5.95 Å². The standard InChI is InChI=1S/C58H59N5O11/c1-56(2,3)54(66)72-36-71-50-49(64)47(34-73-58(40-16-12-9-13-17-40,41-22-30-45(69-6)31-23-41)42-24-32-46(70-7)33-25-42)74-53(50)63-35-59-48-51(63)60-55(61-52(48)65)62-57(37-14-10-8-11-15-37,38-18-26-43(67-4)27-19-38)39-20-28-44(68-5)29-21-39/h8-33,35,47,49-50,53,64H,34,36H2,1-7H3,(H2,60,61,62,65)/t47-,49-,50-,53-/m1/s1. The zero-order valence-corrected chi connectivity index (χ0v) is 42.2. The molecule has 16 nitrogen and oxygen atoms in total. The van der Waals surface area contributed by atoms with Gasteiger partial charge >= 0.3 is 5.97 Å². The molecule has 0 spiro atoms. The summed E-state index contributed by atoms with van der Waals surface area (Å²) in [6, 6.07) is 50.0. The summed E-state index contributed by atoms with van der Waals surface area (Å²) < 4.78 is 49.6. The second-order valence-corrected chi connectivity index (χ2v) is 18.7. The molecule has 1 fully saturated rings. The predicted octanol–water partition coefficient (Wildman–Crippen LogP) is 8.76. The topological polar surface area (TPSA) is 187 Å². The van der Waals surface area contributed by atoms with Gasteiger partial charge in [-0.2, -0.15) is 4.98 Å². The van der Waals surface area contributed by atoms with Gasteiger partial charge in [-0.3, -0.25) is 19.1 Å². The van der Waals surface area contributed by atoms with Crippen LogP contribution in [0, 0.1) is 5.41 Å². The molecule has 6 aromatic carbocycles. The number of imidazole rings is 1. The second-order valence-electron chi connectivity index (χ2n) is 18.7. The summed E-state index contributed by atoms with van der Waals surface area (Å²) in [7, 11) is 6.42. The molecule has 0 amide bonds. The Balaban J connectivity index is 1.14. The van der Waals surface area contributed by atoms with Crippen LogP contribution in [0.5, 0.6) is 23.0 Å². The summed E-state index contributed by atoms with van der Waals surface area (Å²) >= 11 is 0. The van der Waals surface area contributed by atoms with E-state index in [1.54, 1.807) is 49.2 Å². The molecule has 1 aliphatic rings. The van der Waals surface area contributed by atoms with Gasteiger partial charge < -0.3 is 48.3 Å². The number of esters is 1. The number of fused-ring (bicyclic) bond motifs is 1. The van der Waals surface area contributed by atoms with Crippen molar-refractivity contribution >= 4 is 23.1 Å². The Morgan fingerprint density at radius 3 is 1.58 bits per heavy atom. The maximum absolute atomic E-state index is 14.3. The number of aliphatic hydroxyl groups is 1. The van der Waals surface area contributed by atoms with E-state index in [0.717, 1.165) is 33.4 Å². The van der Waals surface area contributed by atoms with E-state index >= 15 is 0 Å². The molecule has 4 atom stereocenters. The fourth-order valence-corrected chi connectivity index (χ4v) is 9.36. The highest BCUT2D eigenvalue weighted by Crippen LogP contribution is 2.44. The summed E-state index contributed by atoms with van der Waals surface area (Å²) in [6.45, 7) is 4.47. The lowest BCUT2D eigenvalue weighted by molar-refractivity contribution is -0.179. The first-order chi connectivity index (χ1) is 35.8. The Kier molecular flexibility index (Phi) is 14.9. The van der Waals surface area contributed by atoms with Gasteiger partial charge in [0.2, 0.25) is 5.95 Å². The zero-order valence-electron chi connectivity index (χ0n) is 42.2. The summed E-state index contributed by atoms with van der Waals surface area (Å²) in [6.07, 6.45) is -3.44. The number of aromatic nitrogens is 4. The van der Waals surface area contributed by atoms with E-state index < -0.39 is 59.4 Å². The number of aliphatic hydroxyl groups excluding tert-OH is 1. The van der Waals surface area contributed by atoms with Gasteiger partial charge in [-0.25, -0.2) is 4.98 Å². The summed E-state index contributed by atoms with van der Waals surface area (Å²) in [5.74, 6) is 2.19. The quantitative estimate of drug-likeness (QED) is 0.0397. The lowest BCUT2D eigenvalue weighted by atomic mass is 9.77. The fourth-order valence-electron chi connectivity index (χ4n) is 9.36. The fraction of sp³-hybridized carbons (Fsp3) is 0.276. The van der Waals surface area contributed by atoms with Crippen LogP contribution in [0.1, 0.15) is 60.4 Å². The van der Waals surface area contributed by atoms with Crippen LogP contribution in [-0.2, 0) is 34.9 Å². The molecule has 2 aromatic heterocycles. The minimum Gasteiger partial charge on any atom is -0.497 e. The third-order valence-electron chi connectivity index (χ3n) is 13.3. The lowest BCUT2D eigenvalue weighted by Gasteiger charge is -2.37. The number of carbonyl (C=O) groups is 1. The van der Waals surface area contributed by atoms with E-state index in [1.165, 1.54) is 10.9 Å². The van der Waals surface area contributed by atoms with Crippen LogP contribution in [0.2, 0.25) is 0 Å². The van der Waals surface area contributed by atoms with Crippen molar-refractivity contribution in [2.45, 2.75) is 56.5 Å². The molecule has 1 saturated heterocycles. The smallest absolute Gasteiger partial charge is 0.313 e. The minimum atomic E-state index is -1.39. The molecule has 0 bridgehead atoms. The third kappa shape index (κ3) is 9.92. The first kappa shape index (κ1) is 50.9. The molecule has 0 saturated carbocycles. The van der Waals surface area contributed by atoms with Gasteiger partial charge in [0.15, 0.2) is 24.2 Å². The number of hydrogen-bond acceptors (Lipinski definition) is 14. The molecule has 382 valence electrons. The van der Waals surface area contributed by atoms with Gasteiger partial charge in [-0.05, 0) is 103 Å². The lowest BCUT2D eigenvalue weighted by Crippen LogP contribution is -2.40. The van der Waals surface area contributed by atoms with E-state index in [2.05, 4.69) is 15.3 Å². The molecular formula is C58H59N5O11. The summed E-state index contributed by atoms with van der Waals surface area (Å²) in [4.78, 5) is 39.8. The normalized spacial score (nSPS) is 16.9. The van der Waals surface area contributed by atoms with Crippen molar-refractivity contribution in [1.82, 2.24) is 19.5 Å². The summed E-state index contributed by atoms with van der Waals surface area (Å²) in [5.41, 5.74) is 1.01. The third-order valence-corrected chi connectivity index (χ3v) is 13.3. The van der Waals surface area contributed by atoms with Crippen molar-refractivity contribution < 1.29 is 47.8 Å². The van der Waals surface area contributed by atoms with Crippen molar-refractivity contribution in [2.24, 2.45) is 5.41 Å². The van der Waals surface area contributed by atoms with Gasteiger partial charge in [0.05, 0.1) is 46.8 Å². The van der Waals surface area contributed by atoms with Crippen LogP contribution < -0.4 is 29.8 Å². The number of aromatic amines is 1. The maximum Gasteiger partial charge on any atom is 0.313 e. The van der Waals surface area contributed by atoms with Crippen molar-refractivity contribution in [3.8, 4) is 23.0 Å². The molecule has 1 aliphatic heterocycles. The highest BCUT2D eigenvalue weighted by molar-refractivity contribution is 5.75. The van der Waals surface area contributed by atoms with Crippen molar-refractivity contribution in [1.29, 1.82) is 0 Å². The zero-order chi connectivity index (χ0) is 52.0. The molecule has 3 N–H and O–H groups in total. The molecule has 0 unspecified atom stereocenters. The van der Waals surface area contributed by atoms with Gasteiger partial charge in [0.1, 0.15) is 52.4 Å². The second kappa shape index (κ2) is 21.6. The minimum absolute atomic E-state index is 0.00689. The number of rotatable bonds is 19. The predicted molar refractivity (Wildman–Crippen MR) is 278 cm³/mol. The van der Waals surface area contributed by atoms with E-state index in [1.807, 2.05) is 158 Å². The highest BCUT2D eigenvalue weighted by Gasteiger charge is 2.49. The Hall–Kier alpha value is -8.02. The van der Waals surface area contributed by atoms with E-state index in [9.17, 15) is 14.7 Å². The van der Waals surface area contributed by atoms with Crippen LogP contribution in [0.25, 0.3) is 11.2 Å². The summed E-state index contributed by atoms with van der Waals surface area (Å²) in [5, 5.41) is 16.1. The number of ether oxygens (including phenoxy) is 8. The first-order valence-corrected chi connectivity index (χ1v) is 24.0. The highest BCUT2D eigenvalue weighted by atomic mass is 16.7. The number of benzene rings is 6.